The van der Waals surface area contributed by atoms with E-state index in [0.29, 0.717) is 17.0 Å². The van der Waals surface area contributed by atoms with Crippen molar-refractivity contribution in [3.63, 3.8) is 0 Å². The molecule has 0 saturated carbocycles. The zero-order chi connectivity index (χ0) is 16.0. The van der Waals surface area contributed by atoms with E-state index in [1.807, 2.05) is 0 Å². The van der Waals surface area contributed by atoms with E-state index in [0.717, 1.165) is 6.08 Å². The zero-order valence-electron chi connectivity index (χ0n) is 11.6. The van der Waals surface area contributed by atoms with Crippen molar-refractivity contribution in [2.75, 3.05) is 7.11 Å². The average molecular weight is 314 g/mol. The molecule has 1 aromatic rings. The molecule has 1 unspecified atom stereocenters. The van der Waals surface area contributed by atoms with Crippen LogP contribution in [0.25, 0.3) is 6.08 Å². The quantitative estimate of drug-likeness (QED) is 0.751. The molecule has 7 heteroatoms. The van der Waals surface area contributed by atoms with Crippen LogP contribution in [0.2, 0.25) is 5.02 Å². The van der Waals surface area contributed by atoms with Gasteiger partial charge in [0.05, 0.1) is 7.11 Å². The van der Waals surface area contributed by atoms with Gasteiger partial charge < -0.3 is 20.3 Å². The second-order valence-electron chi connectivity index (χ2n) is 4.12. The number of hydrogen-bond acceptors (Lipinski definition) is 4. The third-order valence-corrected chi connectivity index (χ3v) is 2.84. The Morgan fingerprint density at radius 3 is 2.62 bits per heavy atom. The number of carboxylic acids is 1. The maximum Gasteiger partial charge on any atom is 0.328 e. The Balaban J connectivity index is 3.31. The lowest BCUT2D eigenvalue weighted by Crippen LogP contribution is -2.33. The van der Waals surface area contributed by atoms with Gasteiger partial charge in [0.15, 0.2) is 17.6 Å². The van der Waals surface area contributed by atoms with Gasteiger partial charge in [0, 0.05) is 22.7 Å². The number of methoxy groups -OCH3 is 1. The maximum atomic E-state index is 11.3. The van der Waals surface area contributed by atoms with E-state index in [-0.39, 0.29) is 11.5 Å². The number of halogens is 1. The Labute approximate surface area is 127 Å². The summed E-state index contributed by atoms with van der Waals surface area (Å²) in [5.74, 6) is -1.25. The van der Waals surface area contributed by atoms with Gasteiger partial charge in [-0.2, -0.15) is 0 Å². The van der Waals surface area contributed by atoms with Gasteiger partial charge in [0.2, 0.25) is 0 Å². The molecule has 0 aliphatic rings. The minimum Gasteiger partial charge on any atom is -0.493 e. The molecule has 0 saturated heterocycles. The molecule has 0 aliphatic heterocycles. The zero-order valence-corrected chi connectivity index (χ0v) is 12.4. The Morgan fingerprint density at radius 1 is 1.48 bits per heavy atom. The monoisotopic (exact) mass is 313 g/mol. The molecule has 21 heavy (non-hydrogen) atoms. The minimum atomic E-state index is -1.12. The second kappa shape index (κ2) is 7.54. The smallest absolute Gasteiger partial charge is 0.328 e. The van der Waals surface area contributed by atoms with Gasteiger partial charge in [0.1, 0.15) is 0 Å². The second-order valence-corrected chi connectivity index (χ2v) is 4.55. The van der Waals surface area contributed by atoms with Crippen LogP contribution in [0.4, 0.5) is 0 Å². The number of amides is 1. The van der Waals surface area contributed by atoms with Crippen molar-refractivity contribution in [3.05, 3.63) is 28.8 Å². The van der Waals surface area contributed by atoms with E-state index < -0.39 is 18.0 Å². The number of primary amides is 1. The molecule has 0 fully saturated rings. The number of aliphatic carboxylic acids is 1. The largest absolute Gasteiger partial charge is 0.493 e. The lowest BCUT2D eigenvalue weighted by Gasteiger charge is -2.18. The highest BCUT2D eigenvalue weighted by Crippen LogP contribution is 2.36. The fraction of sp³-hybridized carbons (Fsp3) is 0.286. The maximum absolute atomic E-state index is 11.3. The highest BCUT2D eigenvalue weighted by atomic mass is 35.5. The van der Waals surface area contributed by atoms with Gasteiger partial charge in [-0.3, -0.25) is 4.79 Å². The molecule has 1 atom stereocenters. The van der Waals surface area contributed by atoms with Crippen LogP contribution in [0.5, 0.6) is 11.5 Å². The van der Waals surface area contributed by atoms with Crippen molar-refractivity contribution in [2.45, 2.75) is 19.4 Å². The molecule has 0 spiro atoms. The lowest BCUT2D eigenvalue weighted by atomic mass is 10.1. The van der Waals surface area contributed by atoms with Crippen molar-refractivity contribution >= 4 is 29.6 Å². The molecule has 3 N–H and O–H groups in total. The van der Waals surface area contributed by atoms with Gasteiger partial charge >= 0.3 is 5.97 Å². The third-order valence-electron chi connectivity index (χ3n) is 2.62. The topological polar surface area (TPSA) is 98.8 Å². The molecule has 114 valence electrons. The van der Waals surface area contributed by atoms with Gasteiger partial charge in [-0.05, 0) is 18.6 Å². The van der Waals surface area contributed by atoms with E-state index in [9.17, 15) is 9.59 Å². The van der Waals surface area contributed by atoms with Crippen molar-refractivity contribution in [3.8, 4) is 11.5 Å². The number of nitrogens with two attached hydrogens (primary N) is 1. The van der Waals surface area contributed by atoms with Crippen LogP contribution in [0.3, 0.4) is 0 Å². The average Bonchev–Trinajstić information content (AvgIpc) is 2.42. The number of carboxylic acid groups (broad SMARTS) is 1. The molecule has 0 heterocycles. The van der Waals surface area contributed by atoms with Crippen molar-refractivity contribution in [1.29, 1.82) is 0 Å². The van der Waals surface area contributed by atoms with E-state index in [4.69, 9.17) is 31.9 Å². The first-order valence-electron chi connectivity index (χ1n) is 6.13. The van der Waals surface area contributed by atoms with Gasteiger partial charge in [-0.25, -0.2) is 4.79 Å². The van der Waals surface area contributed by atoms with Crippen LogP contribution in [-0.2, 0) is 9.59 Å². The molecule has 1 amide bonds. The number of hydrogen-bond donors (Lipinski definition) is 2. The SMILES string of the molecule is CCC(Oc1c(/C=C/C(=O)O)cc(Cl)cc1OC)C(N)=O. The summed E-state index contributed by atoms with van der Waals surface area (Å²) in [5.41, 5.74) is 5.62. The molecular weight excluding hydrogens is 298 g/mol. The number of ether oxygens (including phenoxy) is 2. The Hall–Kier alpha value is -2.21. The Kier molecular flexibility index (Phi) is 6.05. The van der Waals surface area contributed by atoms with Crippen LogP contribution >= 0.6 is 11.6 Å². The van der Waals surface area contributed by atoms with Crippen LogP contribution < -0.4 is 15.2 Å². The lowest BCUT2D eigenvalue weighted by molar-refractivity contribution is -0.131. The van der Waals surface area contributed by atoms with E-state index >= 15 is 0 Å². The first kappa shape index (κ1) is 16.8. The molecule has 0 bridgehead atoms. The van der Waals surface area contributed by atoms with E-state index in [2.05, 4.69) is 0 Å². The first-order chi connectivity index (χ1) is 9.88. The first-order valence-corrected chi connectivity index (χ1v) is 6.51. The van der Waals surface area contributed by atoms with Crippen LogP contribution in [0, 0.1) is 0 Å². The van der Waals surface area contributed by atoms with Crippen LogP contribution in [0.15, 0.2) is 18.2 Å². The summed E-state index contributed by atoms with van der Waals surface area (Å²) in [5, 5.41) is 9.06. The minimum absolute atomic E-state index is 0.213. The predicted octanol–water partition coefficient (Wildman–Crippen LogP) is 2.09. The Morgan fingerprint density at radius 2 is 2.14 bits per heavy atom. The number of carbonyl (C=O) groups is 2. The molecule has 6 nitrogen and oxygen atoms in total. The molecule has 0 radical (unpaired) electrons. The van der Waals surface area contributed by atoms with Gasteiger partial charge in [0.25, 0.3) is 5.91 Å². The fourth-order valence-electron chi connectivity index (χ4n) is 1.64. The summed E-state index contributed by atoms with van der Waals surface area (Å²) in [6.45, 7) is 1.74. The van der Waals surface area contributed by atoms with Crippen molar-refractivity contribution < 1.29 is 24.2 Å². The third kappa shape index (κ3) is 4.68. The molecule has 1 aromatic carbocycles. The highest BCUT2D eigenvalue weighted by molar-refractivity contribution is 6.31. The standard InChI is InChI=1S/C14H16ClNO5/c1-3-10(14(16)19)21-13-8(4-5-12(17)18)6-9(15)7-11(13)20-2/h4-7,10H,3H2,1-2H3,(H2,16,19)(H,17,18)/b5-4+. The summed E-state index contributed by atoms with van der Waals surface area (Å²) in [7, 11) is 1.41. The normalized spacial score (nSPS) is 12.1. The van der Waals surface area contributed by atoms with Crippen molar-refractivity contribution in [2.24, 2.45) is 5.73 Å². The summed E-state index contributed by atoms with van der Waals surface area (Å²) >= 11 is 5.94. The highest BCUT2D eigenvalue weighted by Gasteiger charge is 2.20. The fourth-order valence-corrected chi connectivity index (χ4v) is 1.85. The van der Waals surface area contributed by atoms with Gasteiger partial charge in [-0.15, -0.1) is 0 Å². The predicted molar refractivity (Wildman–Crippen MR) is 78.6 cm³/mol. The van der Waals surface area contributed by atoms with Crippen LogP contribution in [-0.4, -0.2) is 30.2 Å². The molecule has 1 rings (SSSR count). The number of rotatable bonds is 7. The molecule has 0 aliphatic carbocycles. The molecule has 0 aromatic heterocycles. The van der Waals surface area contributed by atoms with Crippen LogP contribution in [0.1, 0.15) is 18.9 Å². The summed E-state index contributed by atoms with van der Waals surface area (Å²) < 4.78 is 10.7. The Bertz CT molecular complexity index is 571. The van der Waals surface area contributed by atoms with Crippen molar-refractivity contribution in [1.82, 2.24) is 0 Å². The van der Waals surface area contributed by atoms with E-state index in [1.165, 1.54) is 25.3 Å². The number of carbonyl (C=O) groups excluding carboxylic acids is 1. The summed E-state index contributed by atoms with van der Waals surface area (Å²) in [6.07, 6.45) is 1.75. The van der Waals surface area contributed by atoms with Gasteiger partial charge in [-0.1, -0.05) is 18.5 Å². The number of benzene rings is 1. The molecular formula is C14H16ClNO5. The summed E-state index contributed by atoms with van der Waals surface area (Å²) in [4.78, 5) is 21.9. The van der Waals surface area contributed by atoms with E-state index in [1.54, 1.807) is 6.92 Å². The summed E-state index contributed by atoms with van der Waals surface area (Å²) in [6, 6.07) is 3.01.